The first kappa shape index (κ1) is 26.0. The van der Waals surface area contributed by atoms with Crippen molar-refractivity contribution < 1.29 is 23.8 Å². The average molecular weight is 475 g/mol. The van der Waals surface area contributed by atoms with Crippen LogP contribution in [-0.2, 0) is 22.4 Å². The Hall–Kier alpha value is -3.60. The van der Waals surface area contributed by atoms with Crippen molar-refractivity contribution in [2.24, 2.45) is 0 Å². The standard InChI is InChI=1S/C30H34O5/c1-5-23-11-15-28(27(20-23)30(32)25-9-7-6-8-10-25)35-22(3)17-18-34-26-14-12-24(21(2)19-26)13-16-29(31)33-4/h6-12,14-15,19-20,22H,5,13,16-18H2,1-4H3. The van der Waals surface area contributed by atoms with Gasteiger partial charge in [-0.2, -0.15) is 0 Å². The first-order chi connectivity index (χ1) is 16.9. The second-order valence-electron chi connectivity index (χ2n) is 8.61. The van der Waals surface area contributed by atoms with E-state index >= 15 is 0 Å². The van der Waals surface area contributed by atoms with Crippen LogP contribution >= 0.6 is 0 Å². The van der Waals surface area contributed by atoms with E-state index in [0.29, 0.717) is 42.7 Å². The summed E-state index contributed by atoms with van der Waals surface area (Å²) >= 11 is 0. The van der Waals surface area contributed by atoms with Crippen molar-refractivity contribution in [1.82, 2.24) is 0 Å². The Morgan fingerprint density at radius 1 is 0.971 bits per heavy atom. The van der Waals surface area contributed by atoms with Crippen molar-refractivity contribution in [3.63, 3.8) is 0 Å². The maximum absolute atomic E-state index is 13.1. The lowest BCUT2D eigenvalue weighted by Crippen LogP contribution is -2.18. The number of carbonyl (C=O) groups excluding carboxylic acids is 2. The number of carbonyl (C=O) groups is 2. The van der Waals surface area contributed by atoms with Crippen LogP contribution in [0.2, 0.25) is 0 Å². The Labute approximate surface area is 208 Å². The van der Waals surface area contributed by atoms with Gasteiger partial charge in [0.1, 0.15) is 11.5 Å². The van der Waals surface area contributed by atoms with Crippen molar-refractivity contribution in [3.8, 4) is 11.5 Å². The molecule has 5 heteroatoms. The third kappa shape index (κ3) is 7.44. The first-order valence-corrected chi connectivity index (χ1v) is 12.1. The molecule has 5 nitrogen and oxygen atoms in total. The summed E-state index contributed by atoms with van der Waals surface area (Å²) in [5, 5.41) is 0. The summed E-state index contributed by atoms with van der Waals surface area (Å²) in [4.78, 5) is 24.5. The zero-order valence-corrected chi connectivity index (χ0v) is 21.0. The molecule has 0 heterocycles. The number of ether oxygens (including phenoxy) is 3. The molecule has 3 aromatic carbocycles. The van der Waals surface area contributed by atoms with Crippen LogP contribution in [0.4, 0.5) is 0 Å². The highest BCUT2D eigenvalue weighted by molar-refractivity contribution is 6.10. The number of ketones is 1. The molecular weight excluding hydrogens is 440 g/mol. The third-order valence-corrected chi connectivity index (χ3v) is 5.99. The van der Waals surface area contributed by atoms with Crippen LogP contribution in [0.3, 0.4) is 0 Å². The molecule has 0 bridgehead atoms. The molecule has 1 atom stereocenters. The van der Waals surface area contributed by atoms with Crippen LogP contribution in [0.25, 0.3) is 0 Å². The van der Waals surface area contributed by atoms with Gasteiger partial charge in [0, 0.05) is 18.4 Å². The molecule has 0 aliphatic heterocycles. The van der Waals surface area contributed by atoms with Gasteiger partial charge in [-0.1, -0.05) is 49.4 Å². The predicted molar refractivity (Wildman–Crippen MR) is 137 cm³/mol. The van der Waals surface area contributed by atoms with Gasteiger partial charge in [0.05, 0.1) is 25.4 Å². The van der Waals surface area contributed by atoms with E-state index in [1.165, 1.54) is 7.11 Å². The van der Waals surface area contributed by atoms with Gasteiger partial charge in [0.2, 0.25) is 0 Å². The summed E-state index contributed by atoms with van der Waals surface area (Å²) < 4.78 is 16.8. The van der Waals surface area contributed by atoms with Crippen molar-refractivity contribution in [2.75, 3.05) is 13.7 Å². The molecule has 0 amide bonds. The summed E-state index contributed by atoms with van der Waals surface area (Å²) in [6, 6.07) is 21.0. The highest BCUT2D eigenvalue weighted by Crippen LogP contribution is 2.26. The van der Waals surface area contributed by atoms with E-state index < -0.39 is 0 Å². The topological polar surface area (TPSA) is 61.8 Å². The van der Waals surface area contributed by atoms with Gasteiger partial charge < -0.3 is 14.2 Å². The molecule has 1 unspecified atom stereocenters. The van der Waals surface area contributed by atoms with E-state index in [0.717, 1.165) is 28.9 Å². The van der Waals surface area contributed by atoms with Gasteiger partial charge in [0.15, 0.2) is 5.78 Å². The normalized spacial score (nSPS) is 11.5. The Balaban J connectivity index is 1.59. The van der Waals surface area contributed by atoms with Gasteiger partial charge in [-0.15, -0.1) is 0 Å². The molecule has 0 aliphatic carbocycles. The molecule has 0 saturated carbocycles. The Morgan fingerprint density at radius 2 is 1.74 bits per heavy atom. The lowest BCUT2D eigenvalue weighted by atomic mass is 9.99. The number of hydrogen-bond acceptors (Lipinski definition) is 5. The van der Waals surface area contributed by atoms with Crippen LogP contribution in [0.15, 0.2) is 66.7 Å². The molecule has 0 saturated heterocycles. The Bertz CT molecular complexity index is 1140. The summed E-state index contributed by atoms with van der Waals surface area (Å²) in [5.74, 6) is 1.12. The third-order valence-electron chi connectivity index (χ3n) is 5.99. The summed E-state index contributed by atoms with van der Waals surface area (Å²) in [5.41, 5.74) is 4.51. The highest BCUT2D eigenvalue weighted by Gasteiger charge is 2.17. The molecule has 0 N–H and O–H groups in total. The molecule has 35 heavy (non-hydrogen) atoms. The van der Waals surface area contributed by atoms with E-state index in [1.807, 2.05) is 80.6 Å². The predicted octanol–water partition coefficient (Wildman–Crippen LogP) is 6.13. The second-order valence-corrected chi connectivity index (χ2v) is 8.61. The lowest BCUT2D eigenvalue weighted by molar-refractivity contribution is -0.140. The zero-order valence-electron chi connectivity index (χ0n) is 21.0. The largest absolute Gasteiger partial charge is 0.493 e. The number of rotatable bonds is 12. The Kier molecular flexibility index (Phi) is 9.47. The molecular formula is C30H34O5. The number of benzene rings is 3. The maximum Gasteiger partial charge on any atom is 0.305 e. The maximum atomic E-state index is 13.1. The van der Waals surface area contributed by atoms with Gasteiger partial charge in [-0.05, 0) is 67.6 Å². The number of aryl methyl sites for hydroxylation is 3. The second kappa shape index (κ2) is 12.7. The fraction of sp³-hybridized carbons (Fsp3) is 0.333. The van der Waals surface area contributed by atoms with Crippen LogP contribution in [0, 0.1) is 6.92 Å². The smallest absolute Gasteiger partial charge is 0.305 e. The van der Waals surface area contributed by atoms with Crippen LogP contribution in [-0.4, -0.2) is 31.6 Å². The number of methoxy groups -OCH3 is 1. The van der Waals surface area contributed by atoms with E-state index in [4.69, 9.17) is 14.2 Å². The molecule has 184 valence electrons. The van der Waals surface area contributed by atoms with Crippen LogP contribution in [0.1, 0.15) is 59.3 Å². The quantitative estimate of drug-likeness (QED) is 0.233. The molecule has 0 aromatic heterocycles. The molecule has 3 rings (SSSR count). The SMILES string of the molecule is CCc1ccc(OC(C)CCOc2ccc(CCC(=O)OC)c(C)c2)c(C(=O)c2ccccc2)c1. The molecule has 0 fully saturated rings. The van der Waals surface area contributed by atoms with Crippen molar-refractivity contribution in [3.05, 3.63) is 94.5 Å². The van der Waals surface area contributed by atoms with Gasteiger partial charge in [-0.25, -0.2) is 0 Å². The van der Waals surface area contributed by atoms with Gasteiger partial charge in [-0.3, -0.25) is 9.59 Å². The molecule has 0 spiro atoms. The van der Waals surface area contributed by atoms with Crippen molar-refractivity contribution in [2.45, 2.75) is 52.6 Å². The fourth-order valence-electron chi connectivity index (χ4n) is 3.82. The molecule has 0 radical (unpaired) electrons. The van der Waals surface area contributed by atoms with Gasteiger partial charge >= 0.3 is 5.97 Å². The lowest BCUT2D eigenvalue weighted by Gasteiger charge is -2.18. The van der Waals surface area contributed by atoms with E-state index in [2.05, 4.69) is 6.92 Å². The Morgan fingerprint density at radius 3 is 2.43 bits per heavy atom. The summed E-state index contributed by atoms with van der Waals surface area (Å²) in [7, 11) is 1.40. The van der Waals surface area contributed by atoms with E-state index in [9.17, 15) is 9.59 Å². The monoisotopic (exact) mass is 474 g/mol. The fourth-order valence-corrected chi connectivity index (χ4v) is 3.82. The molecule has 0 aliphatic rings. The number of esters is 1. The zero-order chi connectivity index (χ0) is 25.2. The molecule has 3 aromatic rings. The average Bonchev–Trinajstić information content (AvgIpc) is 2.88. The first-order valence-electron chi connectivity index (χ1n) is 12.1. The minimum Gasteiger partial charge on any atom is -0.493 e. The van der Waals surface area contributed by atoms with Crippen molar-refractivity contribution in [1.29, 1.82) is 0 Å². The van der Waals surface area contributed by atoms with E-state index in [1.54, 1.807) is 0 Å². The van der Waals surface area contributed by atoms with Gasteiger partial charge in [0.25, 0.3) is 0 Å². The highest BCUT2D eigenvalue weighted by atomic mass is 16.5. The summed E-state index contributed by atoms with van der Waals surface area (Å²) in [6.07, 6.45) is 2.38. The van der Waals surface area contributed by atoms with E-state index in [-0.39, 0.29) is 17.9 Å². The van der Waals surface area contributed by atoms with Crippen LogP contribution < -0.4 is 9.47 Å². The number of hydrogen-bond donors (Lipinski definition) is 0. The minimum atomic E-state index is -0.211. The van der Waals surface area contributed by atoms with Crippen molar-refractivity contribution >= 4 is 11.8 Å². The minimum absolute atomic E-state index is 0.0397. The van der Waals surface area contributed by atoms with Crippen LogP contribution in [0.5, 0.6) is 11.5 Å². The summed E-state index contributed by atoms with van der Waals surface area (Å²) in [6.45, 7) is 6.54.